The van der Waals surface area contributed by atoms with Gasteiger partial charge in [0.05, 0.1) is 0 Å². The molecule has 1 atom stereocenters. The van der Waals surface area contributed by atoms with E-state index in [4.69, 9.17) is 0 Å². The van der Waals surface area contributed by atoms with Gasteiger partial charge in [-0.2, -0.15) is 0 Å². The van der Waals surface area contributed by atoms with E-state index in [1.54, 1.807) is 25.4 Å². The van der Waals surface area contributed by atoms with Gasteiger partial charge in [0.1, 0.15) is 5.82 Å². The van der Waals surface area contributed by atoms with Crippen LogP contribution in [0.4, 0.5) is 16.0 Å². The van der Waals surface area contributed by atoms with Crippen LogP contribution < -0.4 is 20.9 Å². The Balaban J connectivity index is 1.42. The maximum absolute atomic E-state index is 13.9. The van der Waals surface area contributed by atoms with Crippen molar-refractivity contribution in [3.05, 3.63) is 48.0 Å². The van der Waals surface area contributed by atoms with Crippen molar-refractivity contribution in [1.29, 1.82) is 0 Å². The van der Waals surface area contributed by atoms with Crippen LogP contribution in [0.15, 0.2) is 41.5 Å². The number of aryl methyl sites for hydroxylation is 1. The summed E-state index contributed by atoms with van der Waals surface area (Å²) in [5.74, 6) is 1.10. The second-order valence-corrected chi connectivity index (χ2v) is 6.85. The molecule has 2 aromatic heterocycles. The third-order valence-corrected chi connectivity index (χ3v) is 4.59. The van der Waals surface area contributed by atoms with E-state index in [9.17, 15) is 9.18 Å². The molecule has 8 nitrogen and oxygen atoms in total. The molecule has 3 rings (SSSR count). The van der Waals surface area contributed by atoms with Crippen LogP contribution in [-0.4, -0.2) is 54.6 Å². The van der Waals surface area contributed by atoms with E-state index in [2.05, 4.69) is 30.9 Å². The monoisotopic (exact) mass is 399 g/mol. The zero-order valence-corrected chi connectivity index (χ0v) is 16.7. The van der Waals surface area contributed by atoms with Gasteiger partial charge in [0.15, 0.2) is 17.6 Å². The van der Waals surface area contributed by atoms with Gasteiger partial charge < -0.3 is 20.9 Å². The van der Waals surface area contributed by atoms with E-state index in [0.717, 1.165) is 12.1 Å². The van der Waals surface area contributed by atoms with Crippen molar-refractivity contribution in [3.63, 3.8) is 0 Å². The molecule has 1 unspecified atom stereocenters. The van der Waals surface area contributed by atoms with E-state index < -0.39 is 0 Å². The highest BCUT2D eigenvalue weighted by Gasteiger charge is 2.25. The minimum atomic E-state index is -0.315. The van der Waals surface area contributed by atoms with Crippen LogP contribution in [0.5, 0.6) is 0 Å². The maximum atomic E-state index is 13.9. The molecule has 1 aliphatic heterocycles. The standard InChI is InChI=1S/C20H26FN7O/c1-14-5-3-7-17(25-14)27-18(29)8-11-24-20(22-2)26-15-9-12-28(13-15)19-16(21)6-4-10-23-19/h3-7,10,15H,8-9,11-13H2,1-2H3,(H2,22,24,26)(H,25,27,29). The van der Waals surface area contributed by atoms with Crippen LogP contribution in [0.1, 0.15) is 18.5 Å². The first kappa shape index (κ1) is 20.5. The number of rotatable bonds is 6. The number of carbonyl (C=O) groups excluding carboxylic acids is 1. The Labute approximate surface area is 169 Å². The van der Waals surface area contributed by atoms with E-state index in [-0.39, 0.29) is 24.2 Å². The quantitative estimate of drug-likeness (QED) is 0.506. The molecule has 3 N–H and O–H groups in total. The first-order valence-corrected chi connectivity index (χ1v) is 9.61. The number of amides is 1. The number of halogens is 1. The fourth-order valence-corrected chi connectivity index (χ4v) is 3.18. The molecule has 0 aliphatic carbocycles. The summed E-state index contributed by atoms with van der Waals surface area (Å²) in [6.45, 7) is 3.66. The summed E-state index contributed by atoms with van der Waals surface area (Å²) in [5, 5.41) is 9.24. The van der Waals surface area contributed by atoms with E-state index in [1.807, 2.05) is 24.0 Å². The van der Waals surface area contributed by atoms with Gasteiger partial charge in [0.25, 0.3) is 0 Å². The Bertz CT molecular complexity index is 873. The fraction of sp³-hybridized carbons (Fsp3) is 0.400. The highest BCUT2D eigenvalue weighted by atomic mass is 19.1. The van der Waals surface area contributed by atoms with Crippen molar-refractivity contribution < 1.29 is 9.18 Å². The number of aromatic nitrogens is 2. The molecule has 0 saturated carbocycles. The number of guanidine groups is 1. The molecule has 1 saturated heterocycles. The smallest absolute Gasteiger partial charge is 0.227 e. The number of carbonyl (C=O) groups is 1. The van der Waals surface area contributed by atoms with E-state index in [1.165, 1.54) is 6.07 Å². The predicted octanol–water partition coefficient (Wildman–Crippen LogP) is 1.70. The molecule has 9 heteroatoms. The summed E-state index contributed by atoms with van der Waals surface area (Å²) in [4.78, 5) is 26.6. The van der Waals surface area contributed by atoms with Crippen molar-refractivity contribution in [2.24, 2.45) is 4.99 Å². The highest BCUT2D eigenvalue weighted by Crippen LogP contribution is 2.20. The lowest BCUT2D eigenvalue weighted by Gasteiger charge is -2.19. The molecule has 0 aromatic carbocycles. The van der Waals surface area contributed by atoms with Crippen LogP contribution in [0.3, 0.4) is 0 Å². The number of anilines is 2. The Kier molecular flexibility index (Phi) is 6.94. The van der Waals surface area contributed by atoms with Crippen molar-refractivity contribution in [2.45, 2.75) is 25.8 Å². The van der Waals surface area contributed by atoms with Crippen LogP contribution in [0, 0.1) is 12.7 Å². The summed E-state index contributed by atoms with van der Waals surface area (Å²) < 4.78 is 13.9. The number of aliphatic imine (C=N–C) groups is 1. The lowest BCUT2D eigenvalue weighted by Crippen LogP contribution is -2.45. The number of nitrogens with one attached hydrogen (secondary N) is 3. The van der Waals surface area contributed by atoms with Crippen molar-refractivity contribution in [2.75, 3.05) is 36.9 Å². The summed E-state index contributed by atoms with van der Waals surface area (Å²) >= 11 is 0. The number of hydrogen-bond acceptors (Lipinski definition) is 5. The molecular formula is C20H26FN7O. The normalized spacial score (nSPS) is 16.6. The summed E-state index contributed by atoms with van der Waals surface area (Å²) in [7, 11) is 1.68. The minimum Gasteiger partial charge on any atom is -0.356 e. The van der Waals surface area contributed by atoms with Gasteiger partial charge in [-0.25, -0.2) is 14.4 Å². The Morgan fingerprint density at radius 2 is 2.21 bits per heavy atom. The van der Waals surface area contributed by atoms with Gasteiger partial charge in [-0.1, -0.05) is 6.07 Å². The lowest BCUT2D eigenvalue weighted by atomic mass is 10.3. The second-order valence-electron chi connectivity index (χ2n) is 6.85. The minimum absolute atomic E-state index is 0.118. The van der Waals surface area contributed by atoms with Crippen molar-refractivity contribution >= 4 is 23.5 Å². The van der Waals surface area contributed by atoms with Crippen LogP contribution in [-0.2, 0) is 4.79 Å². The maximum Gasteiger partial charge on any atom is 0.227 e. The van der Waals surface area contributed by atoms with Crippen molar-refractivity contribution in [3.8, 4) is 0 Å². The Morgan fingerprint density at radius 1 is 1.34 bits per heavy atom. The van der Waals surface area contributed by atoms with Gasteiger partial charge in [-0.15, -0.1) is 0 Å². The van der Waals surface area contributed by atoms with Gasteiger partial charge >= 0.3 is 0 Å². The molecule has 1 fully saturated rings. The van der Waals surface area contributed by atoms with Gasteiger partial charge in [-0.3, -0.25) is 9.79 Å². The zero-order chi connectivity index (χ0) is 20.6. The molecule has 0 spiro atoms. The molecule has 0 bridgehead atoms. The van der Waals surface area contributed by atoms with Crippen molar-refractivity contribution in [1.82, 2.24) is 20.6 Å². The largest absolute Gasteiger partial charge is 0.356 e. The molecule has 29 heavy (non-hydrogen) atoms. The molecule has 154 valence electrons. The van der Waals surface area contributed by atoms with E-state index >= 15 is 0 Å². The highest BCUT2D eigenvalue weighted by molar-refractivity contribution is 5.90. The van der Waals surface area contributed by atoms with E-state index in [0.29, 0.717) is 37.2 Å². The molecule has 0 radical (unpaired) electrons. The van der Waals surface area contributed by atoms with Gasteiger partial charge in [0, 0.05) is 51.0 Å². The summed E-state index contributed by atoms with van der Waals surface area (Å²) in [6.07, 6.45) is 2.72. The zero-order valence-electron chi connectivity index (χ0n) is 16.7. The SMILES string of the molecule is CN=C(NCCC(=O)Nc1cccc(C)n1)NC1CCN(c2ncccc2F)C1. The van der Waals surface area contributed by atoms with Crippen LogP contribution >= 0.6 is 0 Å². The second kappa shape index (κ2) is 9.81. The first-order valence-electron chi connectivity index (χ1n) is 9.61. The van der Waals surface area contributed by atoms with Gasteiger partial charge in [-0.05, 0) is 37.6 Å². The summed E-state index contributed by atoms with van der Waals surface area (Å²) in [6, 6.07) is 8.61. The van der Waals surface area contributed by atoms with Crippen LogP contribution in [0.25, 0.3) is 0 Å². The Morgan fingerprint density at radius 3 is 2.97 bits per heavy atom. The third-order valence-electron chi connectivity index (χ3n) is 4.59. The van der Waals surface area contributed by atoms with Gasteiger partial charge in [0.2, 0.25) is 5.91 Å². The molecular weight excluding hydrogens is 373 g/mol. The molecule has 1 aliphatic rings. The average Bonchev–Trinajstić information content (AvgIpc) is 3.16. The molecule has 2 aromatic rings. The molecule has 3 heterocycles. The number of pyridine rings is 2. The number of hydrogen-bond donors (Lipinski definition) is 3. The first-order chi connectivity index (χ1) is 14.0. The average molecular weight is 399 g/mol. The fourth-order valence-electron chi connectivity index (χ4n) is 3.18. The molecule has 1 amide bonds. The number of nitrogens with zero attached hydrogens (tertiary/aromatic N) is 4. The topological polar surface area (TPSA) is 94.5 Å². The lowest BCUT2D eigenvalue weighted by molar-refractivity contribution is -0.116. The van der Waals surface area contributed by atoms with Crippen LogP contribution in [0.2, 0.25) is 0 Å². The Hall–Kier alpha value is -3.23. The third kappa shape index (κ3) is 5.87. The summed E-state index contributed by atoms with van der Waals surface area (Å²) in [5.41, 5.74) is 0.849. The predicted molar refractivity (Wildman–Crippen MR) is 112 cm³/mol.